The van der Waals surface area contributed by atoms with Crippen molar-refractivity contribution in [1.29, 1.82) is 0 Å². The highest BCUT2D eigenvalue weighted by Crippen LogP contribution is 2.49. The van der Waals surface area contributed by atoms with Crippen molar-refractivity contribution < 1.29 is 18.0 Å². The van der Waals surface area contributed by atoms with Gasteiger partial charge in [0.05, 0.1) is 23.5 Å². The van der Waals surface area contributed by atoms with Gasteiger partial charge in [-0.15, -0.1) is 12.4 Å². The highest BCUT2D eigenvalue weighted by Gasteiger charge is 2.34. The number of fused-ring (bicyclic) bond motifs is 2. The van der Waals surface area contributed by atoms with Crippen molar-refractivity contribution in [3.05, 3.63) is 48.0 Å². The highest BCUT2D eigenvalue weighted by atomic mass is 35.5. The van der Waals surface area contributed by atoms with Crippen LogP contribution in [0.5, 0.6) is 0 Å². The van der Waals surface area contributed by atoms with Crippen LogP contribution in [-0.2, 0) is 11.0 Å². The second kappa shape index (κ2) is 9.38. The van der Waals surface area contributed by atoms with Crippen LogP contribution < -0.4 is 4.90 Å². The fourth-order valence-electron chi connectivity index (χ4n) is 2.95. The maximum Gasteiger partial charge on any atom is 0.416 e. The molecule has 0 radical (unpaired) electrons. The summed E-state index contributed by atoms with van der Waals surface area (Å²) in [6, 6.07) is 10.8. The summed E-state index contributed by atoms with van der Waals surface area (Å²) in [6.07, 6.45) is -4.46. The highest BCUT2D eigenvalue weighted by molar-refractivity contribution is 7.99. The first kappa shape index (κ1) is 23.5. The van der Waals surface area contributed by atoms with E-state index in [1.807, 2.05) is 43.1 Å². The molecule has 0 saturated carbocycles. The van der Waals surface area contributed by atoms with Gasteiger partial charge >= 0.3 is 6.18 Å². The summed E-state index contributed by atoms with van der Waals surface area (Å²) >= 11 is 1.37. The molecule has 1 heterocycles. The molecule has 1 aliphatic heterocycles. The summed E-state index contributed by atoms with van der Waals surface area (Å²) in [6.45, 7) is 1.58. The largest absolute Gasteiger partial charge is 0.416 e. The van der Waals surface area contributed by atoms with Crippen molar-refractivity contribution in [3.8, 4) is 0 Å². The molecule has 0 bridgehead atoms. The number of halogens is 4. The van der Waals surface area contributed by atoms with Crippen LogP contribution in [-0.4, -0.2) is 56.5 Å². The minimum atomic E-state index is -4.46. The second-order valence-electron chi connectivity index (χ2n) is 7.02. The third-order valence-corrected chi connectivity index (χ3v) is 5.57. The lowest BCUT2D eigenvalue weighted by atomic mass is 10.1. The number of para-hydroxylation sites is 1. The lowest BCUT2D eigenvalue weighted by Crippen LogP contribution is -2.39. The molecule has 2 aromatic rings. The van der Waals surface area contributed by atoms with Gasteiger partial charge < -0.3 is 4.90 Å². The topological polar surface area (TPSA) is 26.8 Å². The first-order valence-corrected chi connectivity index (χ1v) is 9.63. The number of hydrogen-bond donors (Lipinski definition) is 0. The van der Waals surface area contributed by atoms with Crippen LogP contribution in [0.2, 0.25) is 0 Å². The SMILES string of the molecule is CN(C)CCN(C)CC(=O)N1c2ccccc2Sc2ccc(C(F)(F)F)cc21.Cl. The Kier molecular flexibility index (Phi) is 7.62. The van der Waals surface area contributed by atoms with Crippen LogP contribution in [0.4, 0.5) is 24.5 Å². The molecule has 4 nitrogen and oxygen atoms in total. The minimum absolute atomic E-state index is 0. The molecule has 29 heavy (non-hydrogen) atoms. The van der Waals surface area contributed by atoms with E-state index in [1.54, 1.807) is 12.1 Å². The summed E-state index contributed by atoms with van der Waals surface area (Å²) in [5, 5.41) is 0. The fraction of sp³-hybridized carbons (Fsp3) is 0.350. The zero-order valence-electron chi connectivity index (χ0n) is 16.4. The molecule has 0 atom stereocenters. The van der Waals surface area contributed by atoms with Gasteiger partial charge in [0.15, 0.2) is 0 Å². The molecule has 158 valence electrons. The Labute approximate surface area is 179 Å². The maximum absolute atomic E-state index is 13.2. The normalized spacial score (nSPS) is 13.2. The zero-order valence-corrected chi connectivity index (χ0v) is 18.0. The van der Waals surface area contributed by atoms with Gasteiger partial charge in [0, 0.05) is 22.9 Å². The molecule has 0 aromatic heterocycles. The van der Waals surface area contributed by atoms with Crippen LogP contribution in [0.1, 0.15) is 5.56 Å². The van der Waals surface area contributed by atoms with E-state index < -0.39 is 11.7 Å². The van der Waals surface area contributed by atoms with Crippen molar-refractivity contribution in [2.24, 2.45) is 0 Å². The van der Waals surface area contributed by atoms with E-state index in [0.29, 0.717) is 17.1 Å². The average molecular weight is 446 g/mol. The standard InChI is InChI=1S/C20H22F3N3OS.ClH/c1-24(2)10-11-25(3)13-19(27)26-15-6-4-5-7-17(15)28-18-9-8-14(12-16(18)26)20(21,22)23;/h4-9,12H,10-11,13H2,1-3H3;1H. The van der Waals surface area contributed by atoms with Gasteiger partial charge in [-0.25, -0.2) is 0 Å². The zero-order chi connectivity index (χ0) is 20.5. The molecular formula is C20H23ClF3N3OS. The number of carbonyl (C=O) groups is 1. The number of rotatable bonds is 5. The van der Waals surface area contributed by atoms with Crippen LogP contribution in [0.3, 0.4) is 0 Å². The molecule has 9 heteroatoms. The number of nitrogens with zero attached hydrogens (tertiary/aromatic N) is 3. The van der Waals surface area contributed by atoms with Crippen molar-refractivity contribution in [2.75, 3.05) is 45.7 Å². The number of likely N-dealkylation sites (N-methyl/N-ethyl adjacent to an activating group) is 2. The minimum Gasteiger partial charge on any atom is -0.308 e. The molecule has 0 saturated heterocycles. The van der Waals surface area contributed by atoms with Gasteiger partial charge in [-0.05, 0) is 51.5 Å². The Morgan fingerprint density at radius 2 is 1.66 bits per heavy atom. The number of hydrogen-bond acceptors (Lipinski definition) is 4. The van der Waals surface area contributed by atoms with E-state index in [9.17, 15) is 18.0 Å². The van der Waals surface area contributed by atoms with E-state index in [4.69, 9.17) is 0 Å². The summed E-state index contributed by atoms with van der Waals surface area (Å²) in [7, 11) is 5.73. The molecule has 1 amide bonds. The van der Waals surface area contributed by atoms with Crippen molar-refractivity contribution >= 4 is 41.5 Å². The van der Waals surface area contributed by atoms with Crippen LogP contribution in [0, 0.1) is 0 Å². The van der Waals surface area contributed by atoms with Gasteiger partial charge in [0.25, 0.3) is 0 Å². The van der Waals surface area contributed by atoms with Crippen LogP contribution in [0.25, 0.3) is 0 Å². The third-order valence-electron chi connectivity index (χ3n) is 4.44. The first-order chi connectivity index (χ1) is 13.2. The van der Waals surface area contributed by atoms with Gasteiger partial charge in [0.1, 0.15) is 0 Å². The fourth-order valence-corrected chi connectivity index (χ4v) is 3.99. The predicted molar refractivity (Wildman–Crippen MR) is 112 cm³/mol. The van der Waals surface area contributed by atoms with Crippen LogP contribution >= 0.6 is 24.2 Å². The lowest BCUT2D eigenvalue weighted by Gasteiger charge is -2.33. The van der Waals surface area contributed by atoms with Gasteiger partial charge in [-0.1, -0.05) is 23.9 Å². The molecule has 0 unspecified atom stereocenters. The van der Waals surface area contributed by atoms with E-state index in [2.05, 4.69) is 0 Å². The molecule has 0 fully saturated rings. The summed E-state index contributed by atoms with van der Waals surface area (Å²) in [5.41, 5.74) is 0.139. The smallest absolute Gasteiger partial charge is 0.308 e. The molecule has 2 aromatic carbocycles. The quantitative estimate of drug-likeness (QED) is 0.663. The second-order valence-corrected chi connectivity index (χ2v) is 8.10. The molecule has 0 spiro atoms. The lowest BCUT2D eigenvalue weighted by molar-refractivity contribution is -0.137. The number of benzene rings is 2. The number of anilines is 2. The van der Waals surface area contributed by atoms with Gasteiger partial charge in [-0.3, -0.25) is 14.6 Å². The Morgan fingerprint density at radius 3 is 2.31 bits per heavy atom. The Bertz CT molecular complexity index is 876. The molecule has 0 N–H and O–H groups in total. The van der Waals surface area contributed by atoms with Crippen molar-refractivity contribution in [1.82, 2.24) is 9.80 Å². The molecule has 3 rings (SSSR count). The van der Waals surface area contributed by atoms with Gasteiger partial charge in [-0.2, -0.15) is 13.2 Å². The Balaban J connectivity index is 0.00000300. The van der Waals surface area contributed by atoms with Crippen molar-refractivity contribution in [2.45, 2.75) is 16.0 Å². The maximum atomic E-state index is 13.2. The molecule has 1 aliphatic rings. The number of alkyl halides is 3. The van der Waals surface area contributed by atoms with Crippen molar-refractivity contribution in [3.63, 3.8) is 0 Å². The first-order valence-electron chi connectivity index (χ1n) is 8.81. The van der Waals surface area contributed by atoms with E-state index in [-0.39, 0.29) is 30.5 Å². The van der Waals surface area contributed by atoms with E-state index in [1.165, 1.54) is 22.7 Å². The monoisotopic (exact) mass is 445 g/mol. The summed E-state index contributed by atoms with van der Waals surface area (Å²) < 4.78 is 39.7. The number of carbonyl (C=O) groups excluding carboxylic acids is 1. The van der Waals surface area contributed by atoms with E-state index in [0.717, 1.165) is 23.6 Å². The Hall–Kier alpha value is -1.74. The van der Waals surface area contributed by atoms with E-state index >= 15 is 0 Å². The summed E-state index contributed by atoms with van der Waals surface area (Å²) in [4.78, 5) is 19.9. The third kappa shape index (κ3) is 5.45. The van der Waals surface area contributed by atoms with Crippen LogP contribution in [0.15, 0.2) is 52.3 Å². The van der Waals surface area contributed by atoms with Gasteiger partial charge in [0.2, 0.25) is 5.91 Å². The Morgan fingerprint density at radius 1 is 1.00 bits per heavy atom. The molecule has 0 aliphatic carbocycles. The summed E-state index contributed by atoms with van der Waals surface area (Å²) in [5.74, 6) is -0.255. The number of amides is 1. The molecular weight excluding hydrogens is 423 g/mol. The average Bonchev–Trinajstić information content (AvgIpc) is 2.63. The predicted octanol–water partition coefficient (Wildman–Crippen LogP) is 4.75.